The zero-order chi connectivity index (χ0) is 27.2. The van der Waals surface area contributed by atoms with Crippen molar-refractivity contribution in [1.82, 2.24) is 10.2 Å². The standard InChI is InChI=1S/C28H39N3O5S/c1-20-10-9-13-26(21(20)2)31(37(5,34)35)19-27(32)30(18-23-14-16-25(36-4)17-15-23)22(3)28(33)29-24-11-7-6-8-12-24/h9-10,13-17,22,24H,6-8,11-12,18-19H2,1-5H3,(H,29,33). The highest BCUT2D eigenvalue weighted by atomic mass is 32.2. The summed E-state index contributed by atoms with van der Waals surface area (Å²) >= 11 is 0. The first-order valence-corrected chi connectivity index (χ1v) is 14.6. The average Bonchev–Trinajstić information content (AvgIpc) is 2.87. The predicted octanol–water partition coefficient (Wildman–Crippen LogP) is 3.94. The number of carbonyl (C=O) groups excluding carboxylic acids is 2. The molecule has 2 aromatic rings. The minimum atomic E-state index is -3.77. The molecule has 1 fully saturated rings. The third-order valence-corrected chi connectivity index (χ3v) is 8.28. The molecule has 1 aliphatic carbocycles. The molecule has 0 bridgehead atoms. The Morgan fingerprint density at radius 2 is 1.70 bits per heavy atom. The van der Waals surface area contributed by atoms with Crippen LogP contribution in [0.15, 0.2) is 42.5 Å². The number of aryl methyl sites for hydroxylation is 1. The van der Waals surface area contributed by atoms with E-state index in [9.17, 15) is 18.0 Å². The Kier molecular flexibility index (Phi) is 9.59. The van der Waals surface area contributed by atoms with Crippen molar-refractivity contribution < 1.29 is 22.7 Å². The van der Waals surface area contributed by atoms with Gasteiger partial charge >= 0.3 is 0 Å². The van der Waals surface area contributed by atoms with E-state index in [1.54, 1.807) is 38.3 Å². The highest BCUT2D eigenvalue weighted by Crippen LogP contribution is 2.26. The summed E-state index contributed by atoms with van der Waals surface area (Å²) in [5.41, 5.74) is 2.98. The van der Waals surface area contributed by atoms with Gasteiger partial charge in [-0.15, -0.1) is 0 Å². The van der Waals surface area contributed by atoms with Gasteiger partial charge < -0.3 is 15.0 Å². The van der Waals surface area contributed by atoms with Crippen molar-refractivity contribution in [1.29, 1.82) is 0 Å². The summed E-state index contributed by atoms with van der Waals surface area (Å²) in [5.74, 6) is 0.00253. The molecule has 2 amide bonds. The Morgan fingerprint density at radius 3 is 2.30 bits per heavy atom. The lowest BCUT2D eigenvalue weighted by atomic mass is 9.95. The van der Waals surface area contributed by atoms with Gasteiger partial charge in [-0.25, -0.2) is 8.42 Å². The van der Waals surface area contributed by atoms with Gasteiger partial charge in [0.25, 0.3) is 0 Å². The van der Waals surface area contributed by atoms with E-state index in [-0.39, 0.29) is 18.5 Å². The first-order chi connectivity index (χ1) is 17.5. The molecule has 1 atom stereocenters. The number of carbonyl (C=O) groups is 2. The zero-order valence-corrected chi connectivity index (χ0v) is 23.3. The van der Waals surface area contributed by atoms with Crippen LogP contribution in [-0.2, 0) is 26.2 Å². The Balaban J connectivity index is 1.90. The monoisotopic (exact) mass is 529 g/mol. The second-order valence-corrected chi connectivity index (χ2v) is 11.8. The van der Waals surface area contributed by atoms with Crippen LogP contribution >= 0.6 is 0 Å². The van der Waals surface area contributed by atoms with Crippen molar-refractivity contribution >= 4 is 27.5 Å². The van der Waals surface area contributed by atoms with Crippen LogP contribution in [0, 0.1) is 13.8 Å². The lowest BCUT2D eigenvalue weighted by Crippen LogP contribution is -2.53. The molecule has 3 rings (SSSR count). The molecule has 0 aromatic heterocycles. The van der Waals surface area contributed by atoms with Gasteiger partial charge in [0.05, 0.1) is 19.1 Å². The number of nitrogens with one attached hydrogen (secondary N) is 1. The van der Waals surface area contributed by atoms with Gasteiger partial charge in [-0.3, -0.25) is 13.9 Å². The van der Waals surface area contributed by atoms with Crippen LogP contribution in [0.1, 0.15) is 55.7 Å². The fourth-order valence-corrected chi connectivity index (χ4v) is 5.58. The topological polar surface area (TPSA) is 96.0 Å². The highest BCUT2D eigenvalue weighted by molar-refractivity contribution is 7.92. The maximum absolute atomic E-state index is 13.8. The molecule has 0 radical (unpaired) electrons. The number of methoxy groups -OCH3 is 1. The molecule has 1 unspecified atom stereocenters. The van der Waals surface area contributed by atoms with Gasteiger partial charge in [0.1, 0.15) is 18.3 Å². The molecule has 202 valence electrons. The van der Waals surface area contributed by atoms with Crippen molar-refractivity contribution in [2.24, 2.45) is 0 Å². The van der Waals surface area contributed by atoms with Crippen LogP contribution < -0.4 is 14.4 Å². The second-order valence-electron chi connectivity index (χ2n) is 9.88. The lowest BCUT2D eigenvalue weighted by molar-refractivity contribution is -0.139. The third-order valence-electron chi connectivity index (χ3n) is 7.15. The van der Waals surface area contributed by atoms with Crippen LogP contribution in [0.2, 0.25) is 0 Å². The highest BCUT2D eigenvalue weighted by Gasteiger charge is 2.31. The quantitative estimate of drug-likeness (QED) is 0.503. The van der Waals surface area contributed by atoms with Crippen LogP contribution in [-0.4, -0.2) is 57.1 Å². The van der Waals surface area contributed by atoms with E-state index in [2.05, 4.69) is 5.32 Å². The summed E-state index contributed by atoms with van der Waals surface area (Å²) < 4.78 is 32.0. The SMILES string of the molecule is COc1ccc(CN(C(=O)CN(c2cccc(C)c2C)S(C)(=O)=O)C(C)C(=O)NC2CCCCC2)cc1. The number of hydrogen-bond donors (Lipinski definition) is 1. The van der Waals surface area contributed by atoms with E-state index in [4.69, 9.17) is 4.74 Å². The summed E-state index contributed by atoms with van der Waals surface area (Å²) in [6.45, 7) is 5.19. The first-order valence-electron chi connectivity index (χ1n) is 12.8. The molecular weight excluding hydrogens is 490 g/mol. The van der Waals surface area contributed by atoms with Crippen LogP contribution in [0.5, 0.6) is 5.75 Å². The largest absolute Gasteiger partial charge is 0.497 e. The second kappa shape index (κ2) is 12.4. The van der Waals surface area contributed by atoms with E-state index in [1.165, 1.54) is 11.3 Å². The molecule has 1 aliphatic rings. The third kappa shape index (κ3) is 7.47. The molecular formula is C28H39N3O5S. The molecule has 0 saturated heterocycles. The maximum Gasteiger partial charge on any atom is 0.244 e. The van der Waals surface area contributed by atoms with E-state index >= 15 is 0 Å². The number of anilines is 1. The lowest BCUT2D eigenvalue weighted by Gasteiger charge is -2.33. The summed E-state index contributed by atoms with van der Waals surface area (Å²) in [6.07, 6.45) is 6.28. The van der Waals surface area contributed by atoms with E-state index in [0.717, 1.165) is 52.9 Å². The van der Waals surface area contributed by atoms with Gasteiger partial charge in [0.2, 0.25) is 21.8 Å². The normalized spacial score (nSPS) is 15.1. The summed E-state index contributed by atoms with van der Waals surface area (Å²) in [7, 11) is -2.19. The van der Waals surface area contributed by atoms with Crippen molar-refractivity contribution in [2.45, 2.75) is 71.5 Å². The molecule has 2 aromatic carbocycles. The van der Waals surface area contributed by atoms with Gasteiger partial charge in [0, 0.05) is 12.6 Å². The predicted molar refractivity (Wildman–Crippen MR) is 146 cm³/mol. The smallest absolute Gasteiger partial charge is 0.244 e. The van der Waals surface area contributed by atoms with Gasteiger partial charge in [0.15, 0.2) is 0 Å². The van der Waals surface area contributed by atoms with Crippen molar-refractivity contribution in [3.63, 3.8) is 0 Å². The molecule has 9 heteroatoms. The first kappa shape index (κ1) is 28.5. The summed E-state index contributed by atoms with van der Waals surface area (Å²) in [5, 5.41) is 3.11. The van der Waals surface area contributed by atoms with Crippen molar-refractivity contribution in [3.05, 3.63) is 59.2 Å². The van der Waals surface area contributed by atoms with Gasteiger partial charge in [-0.05, 0) is 68.5 Å². The number of amides is 2. The number of ether oxygens (including phenoxy) is 1. The van der Waals surface area contributed by atoms with Gasteiger partial charge in [-0.1, -0.05) is 43.5 Å². The molecule has 0 heterocycles. The fraction of sp³-hybridized carbons (Fsp3) is 0.500. The Hall–Kier alpha value is -3.07. The zero-order valence-electron chi connectivity index (χ0n) is 22.5. The number of sulfonamides is 1. The molecule has 8 nitrogen and oxygen atoms in total. The molecule has 1 saturated carbocycles. The van der Waals surface area contributed by atoms with Crippen molar-refractivity contribution in [3.8, 4) is 5.75 Å². The average molecular weight is 530 g/mol. The number of hydrogen-bond acceptors (Lipinski definition) is 5. The number of benzene rings is 2. The van der Waals surface area contributed by atoms with Crippen LogP contribution in [0.4, 0.5) is 5.69 Å². The van der Waals surface area contributed by atoms with Gasteiger partial charge in [-0.2, -0.15) is 0 Å². The number of nitrogens with zero attached hydrogens (tertiary/aromatic N) is 2. The van der Waals surface area contributed by atoms with E-state index in [1.807, 2.05) is 32.0 Å². The maximum atomic E-state index is 13.8. The fourth-order valence-electron chi connectivity index (χ4n) is 4.68. The Bertz CT molecular complexity index is 1190. The summed E-state index contributed by atoms with van der Waals surface area (Å²) in [4.78, 5) is 28.5. The van der Waals surface area contributed by atoms with E-state index < -0.39 is 28.5 Å². The molecule has 37 heavy (non-hydrogen) atoms. The minimum Gasteiger partial charge on any atom is -0.497 e. The Labute approximate surface area is 221 Å². The Morgan fingerprint density at radius 1 is 1.05 bits per heavy atom. The summed E-state index contributed by atoms with van der Waals surface area (Å²) in [6, 6.07) is 12.0. The van der Waals surface area contributed by atoms with Crippen LogP contribution in [0.3, 0.4) is 0 Å². The number of rotatable bonds is 10. The van der Waals surface area contributed by atoms with Crippen LogP contribution in [0.25, 0.3) is 0 Å². The molecule has 1 N–H and O–H groups in total. The molecule has 0 aliphatic heterocycles. The van der Waals surface area contributed by atoms with E-state index in [0.29, 0.717) is 11.4 Å². The minimum absolute atomic E-state index is 0.101. The molecule has 0 spiro atoms. The van der Waals surface area contributed by atoms with Crippen molar-refractivity contribution in [2.75, 3.05) is 24.2 Å².